The molecule has 112 valence electrons. The minimum atomic E-state index is -0.583. The first kappa shape index (κ1) is 16.4. The summed E-state index contributed by atoms with van der Waals surface area (Å²) >= 11 is 9.13. The van der Waals surface area contributed by atoms with Crippen molar-refractivity contribution in [1.29, 1.82) is 0 Å². The number of rotatable bonds is 4. The molecule has 21 heavy (non-hydrogen) atoms. The van der Waals surface area contributed by atoms with E-state index in [0.29, 0.717) is 27.7 Å². The molecule has 2 aromatic rings. The van der Waals surface area contributed by atoms with Crippen LogP contribution in [0.15, 0.2) is 34.8 Å². The van der Waals surface area contributed by atoms with Gasteiger partial charge in [-0.05, 0) is 41.0 Å². The molecule has 0 heterocycles. The fraction of sp³-hybridized carbons (Fsp3) is 0.250. The van der Waals surface area contributed by atoms with Crippen molar-refractivity contribution >= 4 is 27.5 Å². The second-order valence-electron chi connectivity index (χ2n) is 4.73. The van der Waals surface area contributed by atoms with Gasteiger partial charge in [0.05, 0.1) is 11.1 Å². The molecule has 0 radical (unpaired) electrons. The predicted molar refractivity (Wildman–Crippen MR) is 85.8 cm³/mol. The number of hydrogen-bond acceptors (Lipinski definition) is 1. The Morgan fingerprint density at radius 3 is 2.48 bits per heavy atom. The molecule has 0 bridgehead atoms. The van der Waals surface area contributed by atoms with E-state index in [1.54, 1.807) is 37.3 Å². The van der Waals surface area contributed by atoms with Crippen LogP contribution in [-0.2, 0) is 0 Å². The van der Waals surface area contributed by atoms with Crippen LogP contribution in [0.1, 0.15) is 29.7 Å². The Morgan fingerprint density at radius 2 is 1.81 bits per heavy atom. The Kier molecular flexibility index (Phi) is 5.36. The van der Waals surface area contributed by atoms with Gasteiger partial charge >= 0.3 is 0 Å². The van der Waals surface area contributed by atoms with E-state index in [9.17, 15) is 8.78 Å². The van der Waals surface area contributed by atoms with Crippen molar-refractivity contribution in [3.63, 3.8) is 0 Å². The third-order valence-electron chi connectivity index (χ3n) is 3.32. The summed E-state index contributed by atoms with van der Waals surface area (Å²) in [6.45, 7) is 4.15. The van der Waals surface area contributed by atoms with Crippen molar-refractivity contribution in [3.8, 4) is 0 Å². The molecule has 0 spiro atoms. The fourth-order valence-corrected chi connectivity index (χ4v) is 2.73. The van der Waals surface area contributed by atoms with Gasteiger partial charge in [0, 0.05) is 15.6 Å². The standard InChI is InChI=1S/C16H15BrClF2N/c1-3-21-16(10-6-4-5-9(2)14(10)19)11-7-8-12(17)13(18)15(11)20/h4-8,16,21H,3H2,1-2H3. The smallest absolute Gasteiger partial charge is 0.148 e. The maximum atomic E-state index is 14.4. The highest BCUT2D eigenvalue weighted by Gasteiger charge is 2.23. The lowest BCUT2D eigenvalue weighted by molar-refractivity contribution is 0.527. The highest BCUT2D eigenvalue weighted by molar-refractivity contribution is 9.10. The molecular formula is C16H15BrClF2N. The van der Waals surface area contributed by atoms with Crippen molar-refractivity contribution < 1.29 is 8.78 Å². The Hall–Kier alpha value is -0.970. The zero-order chi connectivity index (χ0) is 15.6. The lowest BCUT2D eigenvalue weighted by atomic mass is 9.96. The molecule has 2 rings (SSSR count). The quantitative estimate of drug-likeness (QED) is 0.708. The van der Waals surface area contributed by atoms with Crippen LogP contribution in [0.3, 0.4) is 0 Å². The topological polar surface area (TPSA) is 12.0 Å². The average molecular weight is 375 g/mol. The van der Waals surface area contributed by atoms with Crippen LogP contribution in [0, 0.1) is 18.6 Å². The van der Waals surface area contributed by atoms with Crippen LogP contribution in [-0.4, -0.2) is 6.54 Å². The molecule has 0 saturated carbocycles. The number of nitrogens with one attached hydrogen (secondary N) is 1. The van der Waals surface area contributed by atoms with Crippen molar-refractivity contribution in [2.24, 2.45) is 0 Å². The van der Waals surface area contributed by atoms with Crippen LogP contribution in [0.25, 0.3) is 0 Å². The van der Waals surface area contributed by atoms with E-state index in [1.807, 2.05) is 6.92 Å². The first-order valence-electron chi connectivity index (χ1n) is 6.59. The summed E-state index contributed by atoms with van der Waals surface area (Å²) in [5.41, 5.74) is 1.27. The maximum absolute atomic E-state index is 14.4. The summed E-state index contributed by atoms with van der Waals surface area (Å²) < 4.78 is 29.3. The van der Waals surface area contributed by atoms with E-state index in [0.717, 1.165) is 0 Å². The lowest BCUT2D eigenvalue weighted by Gasteiger charge is -2.21. The van der Waals surface area contributed by atoms with Crippen LogP contribution >= 0.6 is 27.5 Å². The number of hydrogen-bond donors (Lipinski definition) is 1. The molecule has 1 N–H and O–H groups in total. The summed E-state index contributed by atoms with van der Waals surface area (Å²) in [6, 6.07) is 7.80. The largest absolute Gasteiger partial charge is 0.306 e. The van der Waals surface area contributed by atoms with Crippen molar-refractivity contribution in [2.75, 3.05) is 6.54 Å². The number of halogens is 4. The Bertz CT molecular complexity index is 661. The van der Waals surface area contributed by atoms with Gasteiger partial charge < -0.3 is 5.32 Å². The van der Waals surface area contributed by atoms with Gasteiger partial charge in [-0.3, -0.25) is 0 Å². The Morgan fingerprint density at radius 1 is 1.14 bits per heavy atom. The monoisotopic (exact) mass is 373 g/mol. The number of benzene rings is 2. The van der Waals surface area contributed by atoms with Crippen LogP contribution in [0.4, 0.5) is 8.78 Å². The van der Waals surface area contributed by atoms with Gasteiger partial charge in [0.15, 0.2) is 0 Å². The maximum Gasteiger partial charge on any atom is 0.148 e. The third kappa shape index (κ3) is 3.28. The summed E-state index contributed by atoms with van der Waals surface area (Å²) in [7, 11) is 0. The highest BCUT2D eigenvalue weighted by atomic mass is 79.9. The van der Waals surface area contributed by atoms with E-state index in [-0.39, 0.29) is 10.8 Å². The molecule has 1 unspecified atom stereocenters. The zero-order valence-electron chi connectivity index (χ0n) is 11.7. The minimum Gasteiger partial charge on any atom is -0.306 e. The van der Waals surface area contributed by atoms with E-state index in [2.05, 4.69) is 21.2 Å². The van der Waals surface area contributed by atoms with E-state index >= 15 is 0 Å². The zero-order valence-corrected chi connectivity index (χ0v) is 14.0. The summed E-state index contributed by atoms with van der Waals surface area (Å²) in [5.74, 6) is -0.875. The van der Waals surface area contributed by atoms with Gasteiger partial charge in [-0.1, -0.05) is 42.8 Å². The minimum absolute atomic E-state index is 0.00321. The van der Waals surface area contributed by atoms with Crippen LogP contribution in [0.5, 0.6) is 0 Å². The molecule has 2 aromatic carbocycles. The van der Waals surface area contributed by atoms with Gasteiger partial charge in [-0.15, -0.1) is 0 Å². The first-order valence-corrected chi connectivity index (χ1v) is 7.76. The summed E-state index contributed by atoms with van der Waals surface area (Å²) in [6.07, 6.45) is 0. The summed E-state index contributed by atoms with van der Waals surface area (Å²) in [4.78, 5) is 0. The van der Waals surface area contributed by atoms with Gasteiger partial charge in [0.2, 0.25) is 0 Å². The normalized spacial score (nSPS) is 12.5. The molecule has 0 fully saturated rings. The number of aryl methyl sites for hydroxylation is 1. The summed E-state index contributed by atoms with van der Waals surface area (Å²) in [5, 5.41) is 3.12. The Balaban J connectivity index is 2.59. The first-order chi connectivity index (χ1) is 9.97. The van der Waals surface area contributed by atoms with E-state index < -0.39 is 11.9 Å². The molecule has 0 amide bonds. The molecule has 0 aliphatic rings. The molecule has 0 saturated heterocycles. The van der Waals surface area contributed by atoms with Gasteiger partial charge in [0.25, 0.3) is 0 Å². The third-order valence-corrected chi connectivity index (χ3v) is 4.58. The van der Waals surface area contributed by atoms with E-state index in [1.165, 1.54) is 0 Å². The molecule has 1 nitrogen and oxygen atoms in total. The van der Waals surface area contributed by atoms with Crippen molar-refractivity contribution in [3.05, 3.63) is 68.2 Å². The second kappa shape index (κ2) is 6.86. The lowest BCUT2D eigenvalue weighted by Crippen LogP contribution is -2.24. The molecular weight excluding hydrogens is 360 g/mol. The highest BCUT2D eigenvalue weighted by Crippen LogP contribution is 2.34. The molecule has 0 aromatic heterocycles. The van der Waals surface area contributed by atoms with Gasteiger partial charge in [-0.25, -0.2) is 8.78 Å². The molecule has 1 atom stereocenters. The van der Waals surface area contributed by atoms with E-state index in [4.69, 9.17) is 11.6 Å². The molecule has 0 aliphatic carbocycles. The molecule has 0 aliphatic heterocycles. The van der Waals surface area contributed by atoms with Crippen LogP contribution in [0.2, 0.25) is 5.02 Å². The van der Waals surface area contributed by atoms with Crippen molar-refractivity contribution in [2.45, 2.75) is 19.9 Å². The van der Waals surface area contributed by atoms with Crippen LogP contribution < -0.4 is 5.32 Å². The van der Waals surface area contributed by atoms with Gasteiger partial charge in [-0.2, -0.15) is 0 Å². The predicted octanol–water partition coefficient (Wildman–Crippen LogP) is 5.39. The second-order valence-corrected chi connectivity index (χ2v) is 5.97. The SMILES string of the molecule is CCNC(c1cccc(C)c1F)c1ccc(Br)c(Cl)c1F. The fourth-order valence-electron chi connectivity index (χ4n) is 2.25. The van der Waals surface area contributed by atoms with Crippen molar-refractivity contribution in [1.82, 2.24) is 5.32 Å². The molecule has 5 heteroatoms. The average Bonchev–Trinajstić information content (AvgIpc) is 2.46. The Labute approximate surface area is 136 Å². The van der Waals surface area contributed by atoms with Gasteiger partial charge in [0.1, 0.15) is 11.6 Å².